The fraction of sp³-hybridized carbons (Fsp3) is 0.833. The lowest BCUT2D eigenvalue weighted by Gasteiger charge is -2.00. The van der Waals surface area contributed by atoms with Crippen molar-refractivity contribution in [3.63, 3.8) is 0 Å². The topological polar surface area (TPSA) is 50.4 Å². The van der Waals surface area contributed by atoms with Crippen molar-refractivity contribution < 1.29 is 9.53 Å². The Balaban J connectivity index is 2.21. The Morgan fingerprint density at radius 3 is 3.10 bits per heavy atom. The number of carbonyl (C=O) groups excluding carboxylic acids is 1. The average molecular weight is 144 g/mol. The van der Waals surface area contributed by atoms with Gasteiger partial charge in [-0.3, -0.25) is 10.2 Å². The van der Waals surface area contributed by atoms with Crippen LogP contribution in [-0.2, 0) is 9.53 Å². The third-order valence-electron chi connectivity index (χ3n) is 1.32. The molecule has 1 fully saturated rings. The van der Waals surface area contributed by atoms with Gasteiger partial charge in [0.15, 0.2) is 0 Å². The number of hydrazine groups is 1. The molecule has 0 radical (unpaired) electrons. The Labute approximate surface area is 59.9 Å². The van der Waals surface area contributed by atoms with E-state index in [-0.39, 0.29) is 12.5 Å². The van der Waals surface area contributed by atoms with E-state index in [1.54, 1.807) is 0 Å². The zero-order valence-corrected chi connectivity index (χ0v) is 5.85. The summed E-state index contributed by atoms with van der Waals surface area (Å²) in [5.74, 6) is -0.186. The molecule has 10 heavy (non-hydrogen) atoms. The quantitative estimate of drug-likeness (QED) is 0.446. The molecule has 0 bridgehead atoms. The zero-order chi connectivity index (χ0) is 7.23. The highest BCUT2D eigenvalue weighted by Gasteiger charge is 2.02. The molecule has 0 amide bonds. The molecule has 0 aromatic carbocycles. The van der Waals surface area contributed by atoms with Gasteiger partial charge in [-0.15, -0.1) is 0 Å². The number of hydrogen-bond acceptors (Lipinski definition) is 4. The second-order valence-corrected chi connectivity index (χ2v) is 2.21. The van der Waals surface area contributed by atoms with Gasteiger partial charge in [0.2, 0.25) is 0 Å². The first kappa shape index (κ1) is 7.50. The van der Waals surface area contributed by atoms with E-state index in [9.17, 15) is 4.79 Å². The first-order valence-electron chi connectivity index (χ1n) is 3.51. The van der Waals surface area contributed by atoms with Gasteiger partial charge in [0.1, 0.15) is 6.54 Å². The summed E-state index contributed by atoms with van der Waals surface area (Å²) in [6, 6.07) is 0. The van der Waals surface area contributed by atoms with Crippen LogP contribution in [0.5, 0.6) is 0 Å². The van der Waals surface area contributed by atoms with E-state index in [4.69, 9.17) is 4.74 Å². The lowest BCUT2D eigenvalue weighted by molar-refractivity contribution is -0.142. The van der Waals surface area contributed by atoms with Crippen LogP contribution in [0.1, 0.15) is 12.8 Å². The molecule has 0 atom stereocenters. The second kappa shape index (κ2) is 4.24. The monoisotopic (exact) mass is 144 g/mol. The third-order valence-corrected chi connectivity index (χ3v) is 1.32. The Morgan fingerprint density at radius 2 is 2.20 bits per heavy atom. The fourth-order valence-corrected chi connectivity index (χ4v) is 0.776. The van der Waals surface area contributed by atoms with Crippen LogP contribution in [0.15, 0.2) is 0 Å². The van der Waals surface area contributed by atoms with Crippen molar-refractivity contribution in [1.29, 1.82) is 0 Å². The number of nitrogens with one attached hydrogen (secondary N) is 2. The summed E-state index contributed by atoms with van der Waals surface area (Å²) < 4.78 is 4.82. The number of hydrogen-bond donors (Lipinski definition) is 2. The van der Waals surface area contributed by atoms with Gasteiger partial charge in [0.05, 0.1) is 6.61 Å². The Hall–Kier alpha value is -0.610. The minimum Gasteiger partial charge on any atom is -0.465 e. The summed E-state index contributed by atoms with van der Waals surface area (Å²) in [5.41, 5.74) is 5.66. The van der Waals surface area contributed by atoms with Gasteiger partial charge in [-0.25, -0.2) is 5.43 Å². The van der Waals surface area contributed by atoms with Crippen LogP contribution < -0.4 is 10.9 Å². The Bertz CT molecular complexity index is 104. The van der Waals surface area contributed by atoms with Crippen molar-refractivity contribution in [2.24, 2.45) is 0 Å². The summed E-state index contributed by atoms with van der Waals surface area (Å²) in [4.78, 5) is 10.7. The van der Waals surface area contributed by atoms with Crippen molar-refractivity contribution >= 4 is 5.97 Å². The van der Waals surface area contributed by atoms with E-state index in [1.807, 2.05) is 0 Å². The maximum atomic E-state index is 10.7. The molecule has 1 rings (SSSR count). The van der Waals surface area contributed by atoms with Gasteiger partial charge in [-0.1, -0.05) is 0 Å². The van der Waals surface area contributed by atoms with Gasteiger partial charge in [-0.05, 0) is 12.8 Å². The molecular weight excluding hydrogens is 132 g/mol. The molecule has 1 aliphatic heterocycles. The minimum atomic E-state index is -0.186. The van der Waals surface area contributed by atoms with Crippen molar-refractivity contribution in [2.45, 2.75) is 12.8 Å². The second-order valence-electron chi connectivity index (χ2n) is 2.21. The number of ether oxygens (including phenoxy) is 1. The molecule has 1 aliphatic rings. The van der Waals surface area contributed by atoms with Crippen LogP contribution in [-0.4, -0.2) is 25.7 Å². The highest BCUT2D eigenvalue weighted by molar-refractivity contribution is 5.71. The molecule has 0 saturated carbocycles. The molecule has 0 spiro atoms. The van der Waals surface area contributed by atoms with Gasteiger partial charge in [-0.2, -0.15) is 0 Å². The summed E-state index contributed by atoms with van der Waals surface area (Å²) >= 11 is 0. The fourth-order valence-electron chi connectivity index (χ4n) is 0.776. The van der Waals surface area contributed by atoms with Gasteiger partial charge >= 0.3 is 5.97 Å². The van der Waals surface area contributed by atoms with Crippen molar-refractivity contribution in [3.05, 3.63) is 0 Å². The lowest BCUT2D eigenvalue weighted by Crippen LogP contribution is -2.36. The first-order chi connectivity index (χ1) is 4.89. The van der Waals surface area contributed by atoms with Gasteiger partial charge in [0, 0.05) is 6.54 Å². The summed E-state index contributed by atoms with van der Waals surface area (Å²) in [6.45, 7) is 1.72. The summed E-state index contributed by atoms with van der Waals surface area (Å²) in [6.07, 6.45) is 1.99. The van der Waals surface area contributed by atoms with Crippen LogP contribution in [0.3, 0.4) is 0 Å². The van der Waals surface area contributed by atoms with Crippen LogP contribution in [0.25, 0.3) is 0 Å². The molecule has 0 unspecified atom stereocenters. The van der Waals surface area contributed by atoms with Crippen LogP contribution >= 0.6 is 0 Å². The number of cyclic esters (lactones) is 1. The Kier molecular flexibility index (Phi) is 3.18. The van der Waals surface area contributed by atoms with Crippen LogP contribution in [0.2, 0.25) is 0 Å². The molecule has 2 N–H and O–H groups in total. The predicted molar refractivity (Wildman–Crippen MR) is 36.2 cm³/mol. The van der Waals surface area contributed by atoms with E-state index in [0.29, 0.717) is 6.61 Å². The number of carbonyl (C=O) groups is 1. The molecular formula is C6H12N2O2. The molecule has 4 nitrogen and oxygen atoms in total. The first-order valence-corrected chi connectivity index (χ1v) is 3.51. The normalized spacial score (nSPS) is 22.2. The van der Waals surface area contributed by atoms with E-state index < -0.39 is 0 Å². The lowest BCUT2D eigenvalue weighted by atomic mass is 10.3. The summed E-state index contributed by atoms with van der Waals surface area (Å²) in [7, 11) is 0. The van der Waals surface area contributed by atoms with E-state index in [2.05, 4.69) is 10.9 Å². The molecule has 1 heterocycles. The zero-order valence-electron chi connectivity index (χ0n) is 5.85. The smallest absolute Gasteiger partial charge is 0.321 e. The van der Waals surface area contributed by atoms with Crippen LogP contribution in [0.4, 0.5) is 0 Å². The molecule has 0 aromatic rings. The third kappa shape index (κ3) is 2.80. The SMILES string of the molecule is O=C1CNNCCCCO1. The highest BCUT2D eigenvalue weighted by atomic mass is 16.5. The summed E-state index contributed by atoms with van der Waals surface area (Å²) in [5, 5.41) is 0. The van der Waals surface area contributed by atoms with Crippen molar-refractivity contribution in [3.8, 4) is 0 Å². The number of esters is 1. The van der Waals surface area contributed by atoms with Crippen molar-refractivity contribution in [2.75, 3.05) is 19.7 Å². The standard InChI is InChI=1S/C6H12N2O2/c9-6-5-8-7-3-1-2-4-10-6/h7-8H,1-5H2. The molecule has 1 saturated heterocycles. The van der Waals surface area contributed by atoms with E-state index in [1.165, 1.54) is 0 Å². The molecule has 4 heteroatoms. The van der Waals surface area contributed by atoms with Gasteiger partial charge < -0.3 is 4.74 Å². The van der Waals surface area contributed by atoms with Gasteiger partial charge in [0.25, 0.3) is 0 Å². The average Bonchev–Trinajstić information content (AvgIpc) is 2.02. The molecule has 0 aromatic heterocycles. The highest BCUT2D eigenvalue weighted by Crippen LogP contribution is 1.90. The van der Waals surface area contributed by atoms with Crippen molar-refractivity contribution in [1.82, 2.24) is 10.9 Å². The van der Waals surface area contributed by atoms with E-state index >= 15 is 0 Å². The number of rotatable bonds is 0. The maximum absolute atomic E-state index is 10.7. The molecule has 0 aliphatic carbocycles. The predicted octanol–water partition coefficient (Wildman–Crippen LogP) is -0.582. The van der Waals surface area contributed by atoms with E-state index in [0.717, 1.165) is 19.4 Å². The maximum Gasteiger partial charge on any atom is 0.321 e. The van der Waals surface area contributed by atoms with Crippen LogP contribution in [0, 0.1) is 0 Å². The minimum absolute atomic E-state index is 0.186. The largest absolute Gasteiger partial charge is 0.465 e. The Morgan fingerprint density at radius 1 is 1.30 bits per heavy atom. The molecule has 58 valence electrons.